The number of anilines is 1. The zero-order valence-corrected chi connectivity index (χ0v) is 16.7. The molecule has 25 heavy (non-hydrogen) atoms. The Morgan fingerprint density at radius 1 is 0.960 bits per heavy atom. The molecule has 136 valence electrons. The topological polar surface area (TPSA) is 37.4 Å². The minimum atomic E-state index is 0.167. The third-order valence-electron chi connectivity index (χ3n) is 2.86. The van der Waals surface area contributed by atoms with Gasteiger partial charge in [-0.3, -0.25) is 4.79 Å². The number of aryl methyl sites for hydroxylation is 1. The van der Waals surface area contributed by atoms with Gasteiger partial charge < -0.3 is 9.69 Å². The predicted octanol–water partition coefficient (Wildman–Crippen LogP) is 5.13. The van der Waals surface area contributed by atoms with Crippen molar-refractivity contribution in [2.24, 2.45) is 0 Å². The fraction of sp³-hybridized carbons (Fsp3) is 0.333. The second-order valence-electron chi connectivity index (χ2n) is 6.15. The third-order valence-corrected chi connectivity index (χ3v) is 3.10. The van der Waals surface area contributed by atoms with E-state index in [-0.39, 0.29) is 11.6 Å². The molecule has 0 amide bonds. The van der Waals surface area contributed by atoms with Crippen LogP contribution in [0.2, 0.25) is 5.02 Å². The Kier molecular flexibility index (Phi) is 11.2. The van der Waals surface area contributed by atoms with E-state index in [0.717, 1.165) is 16.3 Å². The van der Waals surface area contributed by atoms with E-state index in [1.807, 2.05) is 74.4 Å². The maximum absolute atomic E-state index is 10.7. The first-order valence-corrected chi connectivity index (χ1v) is 8.44. The van der Waals surface area contributed by atoms with Crippen molar-refractivity contribution in [3.63, 3.8) is 0 Å². The minimum absolute atomic E-state index is 0.167. The zero-order valence-electron chi connectivity index (χ0n) is 16.0. The van der Waals surface area contributed by atoms with Crippen LogP contribution in [0.15, 0.2) is 48.5 Å². The highest BCUT2D eigenvalue weighted by Crippen LogP contribution is 2.16. The SMILES string of the molecule is CC(=O)Cc1cccc(C)c1.CC(C)=O.CN(C)c1cccc(Cl)c1. The molecular weight excluding hydrogens is 334 g/mol. The molecule has 0 fully saturated rings. The summed E-state index contributed by atoms with van der Waals surface area (Å²) in [6.07, 6.45) is 0.557. The van der Waals surface area contributed by atoms with Crippen LogP contribution in [0.5, 0.6) is 0 Å². The van der Waals surface area contributed by atoms with Gasteiger partial charge in [0.05, 0.1) is 0 Å². The predicted molar refractivity (Wildman–Crippen MR) is 108 cm³/mol. The molecule has 0 aliphatic heterocycles. The zero-order chi connectivity index (χ0) is 19.4. The van der Waals surface area contributed by atoms with E-state index >= 15 is 0 Å². The van der Waals surface area contributed by atoms with Gasteiger partial charge in [-0.1, -0.05) is 47.5 Å². The molecule has 0 saturated heterocycles. The van der Waals surface area contributed by atoms with Crippen molar-refractivity contribution in [3.8, 4) is 0 Å². The van der Waals surface area contributed by atoms with Crippen molar-refractivity contribution in [1.29, 1.82) is 0 Å². The van der Waals surface area contributed by atoms with E-state index in [1.54, 1.807) is 6.92 Å². The molecule has 2 aromatic carbocycles. The van der Waals surface area contributed by atoms with Gasteiger partial charge in [-0.25, -0.2) is 0 Å². The Balaban J connectivity index is 0.000000383. The van der Waals surface area contributed by atoms with Gasteiger partial charge in [-0.2, -0.15) is 0 Å². The smallest absolute Gasteiger partial charge is 0.134 e. The van der Waals surface area contributed by atoms with Crippen molar-refractivity contribution in [3.05, 3.63) is 64.7 Å². The molecule has 0 saturated carbocycles. The lowest BCUT2D eigenvalue weighted by Crippen LogP contribution is -2.07. The van der Waals surface area contributed by atoms with Crippen molar-refractivity contribution in [1.82, 2.24) is 0 Å². The van der Waals surface area contributed by atoms with Gasteiger partial charge in [0.1, 0.15) is 11.6 Å². The average Bonchev–Trinajstić information content (AvgIpc) is 2.46. The van der Waals surface area contributed by atoms with E-state index < -0.39 is 0 Å². The van der Waals surface area contributed by atoms with Gasteiger partial charge in [0, 0.05) is 31.2 Å². The van der Waals surface area contributed by atoms with E-state index in [0.29, 0.717) is 6.42 Å². The van der Waals surface area contributed by atoms with Crippen LogP contribution in [0.4, 0.5) is 5.69 Å². The molecule has 0 radical (unpaired) electrons. The molecule has 2 aromatic rings. The molecule has 0 unspecified atom stereocenters. The molecule has 0 N–H and O–H groups in total. The van der Waals surface area contributed by atoms with E-state index in [9.17, 15) is 9.59 Å². The lowest BCUT2D eigenvalue weighted by atomic mass is 10.1. The van der Waals surface area contributed by atoms with Gasteiger partial charge in [0.2, 0.25) is 0 Å². The number of benzene rings is 2. The Morgan fingerprint density at radius 2 is 1.52 bits per heavy atom. The Morgan fingerprint density at radius 3 is 1.92 bits per heavy atom. The molecule has 0 atom stereocenters. The first-order chi connectivity index (χ1) is 11.6. The first-order valence-electron chi connectivity index (χ1n) is 8.07. The van der Waals surface area contributed by atoms with Crippen molar-refractivity contribution in [2.45, 2.75) is 34.1 Å². The molecule has 4 heteroatoms. The molecule has 0 aliphatic carbocycles. The fourth-order valence-corrected chi connectivity index (χ4v) is 2.05. The van der Waals surface area contributed by atoms with Crippen molar-refractivity contribution >= 4 is 28.9 Å². The number of hydrogen-bond donors (Lipinski definition) is 0. The maximum atomic E-state index is 10.7. The van der Waals surface area contributed by atoms with Gasteiger partial charge in [-0.05, 0) is 51.5 Å². The van der Waals surface area contributed by atoms with Crippen LogP contribution in [0.1, 0.15) is 31.9 Å². The molecule has 0 spiro atoms. The van der Waals surface area contributed by atoms with Crippen LogP contribution in [0.3, 0.4) is 0 Å². The van der Waals surface area contributed by atoms with Gasteiger partial charge >= 0.3 is 0 Å². The Hall–Kier alpha value is -2.13. The summed E-state index contributed by atoms with van der Waals surface area (Å²) in [4.78, 5) is 22.2. The number of halogens is 1. The van der Waals surface area contributed by atoms with Crippen LogP contribution in [-0.2, 0) is 16.0 Å². The monoisotopic (exact) mass is 361 g/mol. The van der Waals surface area contributed by atoms with Crippen LogP contribution < -0.4 is 4.90 Å². The standard InChI is InChI=1S/C10H12O.C8H10ClN.C3H6O/c1-8-4-3-5-10(6-8)7-9(2)11;1-10(2)8-5-3-4-7(9)6-8;1-3(2)4/h3-6H,7H2,1-2H3;3-6H,1-2H3;1-2H3. The summed E-state index contributed by atoms with van der Waals surface area (Å²) in [6, 6.07) is 15.8. The summed E-state index contributed by atoms with van der Waals surface area (Å²) in [5.41, 5.74) is 3.45. The number of Topliss-reactive ketones (excluding diaryl/α,β-unsaturated/α-hetero) is 2. The number of carbonyl (C=O) groups excluding carboxylic acids is 2. The molecule has 0 bridgehead atoms. The summed E-state index contributed by atoms with van der Waals surface area (Å²) in [7, 11) is 3.98. The Bertz CT molecular complexity index is 677. The maximum Gasteiger partial charge on any atom is 0.134 e. The fourth-order valence-electron chi connectivity index (χ4n) is 1.86. The largest absolute Gasteiger partial charge is 0.378 e. The van der Waals surface area contributed by atoms with Crippen LogP contribution in [0.25, 0.3) is 0 Å². The lowest BCUT2D eigenvalue weighted by molar-refractivity contribution is -0.116. The van der Waals surface area contributed by atoms with E-state index in [4.69, 9.17) is 11.6 Å². The first kappa shape index (κ1) is 22.9. The summed E-state index contributed by atoms with van der Waals surface area (Å²) in [5, 5.41) is 0.784. The van der Waals surface area contributed by atoms with Crippen molar-refractivity contribution in [2.75, 3.05) is 19.0 Å². The van der Waals surface area contributed by atoms with E-state index in [2.05, 4.69) is 0 Å². The molecule has 0 heterocycles. The number of rotatable bonds is 3. The summed E-state index contributed by atoms with van der Waals surface area (Å²) < 4.78 is 0. The molecule has 2 rings (SSSR count). The average molecular weight is 362 g/mol. The summed E-state index contributed by atoms with van der Waals surface area (Å²) in [6.45, 7) is 6.70. The Labute approximate surface area is 156 Å². The quantitative estimate of drug-likeness (QED) is 0.760. The van der Waals surface area contributed by atoms with Crippen LogP contribution >= 0.6 is 11.6 Å². The number of carbonyl (C=O) groups is 2. The van der Waals surface area contributed by atoms with E-state index in [1.165, 1.54) is 19.4 Å². The highest BCUT2D eigenvalue weighted by atomic mass is 35.5. The molecule has 3 nitrogen and oxygen atoms in total. The number of nitrogens with zero attached hydrogens (tertiary/aromatic N) is 1. The third kappa shape index (κ3) is 12.9. The van der Waals surface area contributed by atoms with Gasteiger partial charge in [0.15, 0.2) is 0 Å². The highest BCUT2D eigenvalue weighted by molar-refractivity contribution is 6.30. The molecule has 0 aliphatic rings. The number of hydrogen-bond acceptors (Lipinski definition) is 3. The summed E-state index contributed by atoms with van der Waals surface area (Å²) >= 11 is 5.76. The lowest BCUT2D eigenvalue weighted by Gasteiger charge is -2.11. The second-order valence-corrected chi connectivity index (χ2v) is 6.59. The van der Waals surface area contributed by atoms with Crippen LogP contribution in [0, 0.1) is 6.92 Å². The van der Waals surface area contributed by atoms with Gasteiger partial charge in [-0.15, -0.1) is 0 Å². The molecule has 0 aromatic heterocycles. The minimum Gasteiger partial charge on any atom is -0.378 e. The normalized spacial score (nSPS) is 9.08. The van der Waals surface area contributed by atoms with Crippen LogP contribution in [-0.4, -0.2) is 25.7 Å². The summed E-state index contributed by atoms with van der Waals surface area (Å²) in [5.74, 6) is 0.385. The molecular formula is C21H28ClNO2. The number of ketones is 2. The second kappa shape index (κ2) is 12.3. The highest BCUT2D eigenvalue weighted by Gasteiger charge is 1.96. The van der Waals surface area contributed by atoms with Crippen molar-refractivity contribution < 1.29 is 9.59 Å². The van der Waals surface area contributed by atoms with Gasteiger partial charge in [0.25, 0.3) is 0 Å².